The molecule has 0 heterocycles. The lowest BCUT2D eigenvalue weighted by Crippen LogP contribution is -2.30. The number of phenolic OH excluding ortho intramolecular Hbond substituents is 1. The van der Waals surface area contributed by atoms with Crippen LogP contribution >= 0.6 is 0 Å². The summed E-state index contributed by atoms with van der Waals surface area (Å²) in [5.74, 6) is -0.875. The Morgan fingerprint density at radius 3 is 2.33 bits per heavy atom. The number of carbonyl (C=O) groups excluding carboxylic acids is 1. The van der Waals surface area contributed by atoms with Gasteiger partial charge in [0.2, 0.25) is 0 Å². The lowest BCUT2D eigenvalue weighted by molar-refractivity contribution is -0.136. The summed E-state index contributed by atoms with van der Waals surface area (Å²) < 4.78 is 36.5. The monoisotopic (exact) mass is 297 g/mol. The third-order valence-corrected chi connectivity index (χ3v) is 3.17. The van der Waals surface area contributed by atoms with Crippen LogP contribution in [0.1, 0.15) is 16.8 Å². The van der Waals surface area contributed by atoms with Crippen molar-refractivity contribution < 1.29 is 23.1 Å². The molecule has 3 nitrogen and oxygen atoms in total. The lowest BCUT2D eigenvalue weighted by atomic mass is 10.0. The molecule has 0 aliphatic heterocycles. The average molecular weight is 297 g/mol. The molecule has 21 heavy (non-hydrogen) atoms. The number of carbonyl (C=O) groups is 1. The summed E-state index contributed by atoms with van der Waals surface area (Å²) in [6.45, 7) is -0.450. The molecule has 0 radical (unpaired) electrons. The fourth-order valence-corrected chi connectivity index (χ4v) is 2.00. The number of amides is 1. The maximum atomic E-state index is 12.2. The minimum atomic E-state index is -4.32. The van der Waals surface area contributed by atoms with Crippen LogP contribution in [0, 0.1) is 0 Å². The van der Waals surface area contributed by atoms with E-state index in [4.69, 9.17) is 0 Å². The molecule has 0 aliphatic carbocycles. The number of nitrogens with zero attached hydrogens (tertiary/aromatic N) is 1. The topological polar surface area (TPSA) is 40.5 Å². The molecule has 2 aromatic rings. The van der Waals surface area contributed by atoms with E-state index in [0.717, 1.165) is 15.7 Å². The summed E-state index contributed by atoms with van der Waals surface area (Å²) >= 11 is 0. The Morgan fingerprint density at radius 1 is 1.19 bits per heavy atom. The van der Waals surface area contributed by atoms with Gasteiger partial charge in [0.05, 0.1) is 12.0 Å². The summed E-state index contributed by atoms with van der Waals surface area (Å²) in [7, 11) is 1.28. The van der Waals surface area contributed by atoms with E-state index < -0.39 is 25.0 Å². The van der Waals surface area contributed by atoms with Gasteiger partial charge in [-0.1, -0.05) is 24.3 Å². The van der Waals surface area contributed by atoms with Crippen molar-refractivity contribution in [1.82, 2.24) is 4.90 Å². The van der Waals surface area contributed by atoms with Crippen LogP contribution in [0.5, 0.6) is 5.75 Å². The highest BCUT2D eigenvalue weighted by Gasteiger charge is 2.28. The quantitative estimate of drug-likeness (QED) is 0.941. The van der Waals surface area contributed by atoms with Crippen molar-refractivity contribution in [1.29, 1.82) is 0 Å². The summed E-state index contributed by atoms with van der Waals surface area (Å²) in [5.41, 5.74) is -0.00151. The second-order valence-electron chi connectivity index (χ2n) is 4.81. The number of rotatable bonds is 3. The first kappa shape index (κ1) is 15.2. The fourth-order valence-electron chi connectivity index (χ4n) is 2.00. The Hall–Kier alpha value is -2.24. The molecule has 1 N–H and O–H groups in total. The molecular weight excluding hydrogens is 283 g/mol. The smallest absolute Gasteiger partial charge is 0.390 e. The van der Waals surface area contributed by atoms with Crippen LogP contribution in [0.2, 0.25) is 0 Å². The number of hydrogen-bond acceptors (Lipinski definition) is 2. The highest BCUT2D eigenvalue weighted by atomic mass is 19.4. The number of hydrogen-bond donors (Lipinski definition) is 1. The van der Waals surface area contributed by atoms with Crippen LogP contribution in [0.15, 0.2) is 36.4 Å². The van der Waals surface area contributed by atoms with Gasteiger partial charge < -0.3 is 10.0 Å². The van der Waals surface area contributed by atoms with Gasteiger partial charge in [-0.25, -0.2) is 0 Å². The minimum Gasteiger partial charge on any atom is -0.507 e. The molecule has 6 heteroatoms. The zero-order valence-corrected chi connectivity index (χ0v) is 11.3. The first-order valence-corrected chi connectivity index (χ1v) is 6.32. The van der Waals surface area contributed by atoms with E-state index in [1.165, 1.54) is 19.2 Å². The molecule has 0 bridgehead atoms. The maximum Gasteiger partial charge on any atom is 0.390 e. The van der Waals surface area contributed by atoms with Gasteiger partial charge in [0.15, 0.2) is 0 Å². The Bertz CT molecular complexity index is 668. The van der Waals surface area contributed by atoms with E-state index in [1.807, 2.05) is 0 Å². The first-order valence-electron chi connectivity index (χ1n) is 6.32. The summed E-state index contributed by atoms with van der Waals surface area (Å²) in [6.07, 6.45) is -5.40. The van der Waals surface area contributed by atoms with E-state index in [-0.39, 0.29) is 11.3 Å². The third-order valence-electron chi connectivity index (χ3n) is 3.17. The van der Waals surface area contributed by atoms with Crippen LogP contribution in [-0.2, 0) is 0 Å². The Labute approximate surface area is 119 Å². The van der Waals surface area contributed by atoms with Crippen molar-refractivity contribution in [2.75, 3.05) is 13.6 Å². The van der Waals surface area contributed by atoms with Gasteiger partial charge in [0.25, 0.3) is 5.91 Å². The number of aromatic hydroxyl groups is 1. The van der Waals surface area contributed by atoms with Gasteiger partial charge in [-0.05, 0) is 22.9 Å². The molecule has 0 atom stereocenters. The van der Waals surface area contributed by atoms with Crippen LogP contribution in [0.3, 0.4) is 0 Å². The van der Waals surface area contributed by atoms with Crippen molar-refractivity contribution in [3.05, 3.63) is 42.0 Å². The van der Waals surface area contributed by atoms with Crippen molar-refractivity contribution in [3.63, 3.8) is 0 Å². The van der Waals surface area contributed by atoms with Crippen molar-refractivity contribution in [2.24, 2.45) is 0 Å². The van der Waals surface area contributed by atoms with Gasteiger partial charge in [-0.2, -0.15) is 13.2 Å². The highest BCUT2D eigenvalue weighted by Crippen LogP contribution is 2.26. The predicted octanol–water partition coefficient (Wildman–Crippen LogP) is 3.57. The standard InChI is InChI=1S/C15H14F3NO2/c1-19(7-6-15(16,17)18)14(21)12-8-10-4-2-3-5-11(10)9-13(12)20/h2-5,8-9,20H,6-7H2,1H3. The van der Waals surface area contributed by atoms with Gasteiger partial charge in [-0.3, -0.25) is 4.79 Å². The summed E-state index contributed by atoms with van der Waals surface area (Å²) in [6, 6.07) is 10.0. The zero-order valence-electron chi connectivity index (χ0n) is 11.3. The molecule has 112 valence electrons. The molecule has 0 aliphatic rings. The highest BCUT2D eigenvalue weighted by molar-refractivity contribution is 6.01. The van der Waals surface area contributed by atoms with Gasteiger partial charge in [-0.15, -0.1) is 0 Å². The van der Waals surface area contributed by atoms with Crippen LogP contribution in [0.25, 0.3) is 10.8 Å². The molecule has 0 fully saturated rings. The largest absolute Gasteiger partial charge is 0.507 e. The van der Waals surface area contributed by atoms with Gasteiger partial charge in [0.1, 0.15) is 5.75 Å². The molecule has 0 aromatic heterocycles. The Balaban J connectivity index is 2.24. The minimum absolute atomic E-state index is 0.00151. The third kappa shape index (κ3) is 3.65. The molecule has 2 aromatic carbocycles. The molecule has 0 saturated heterocycles. The van der Waals surface area contributed by atoms with Gasteiger partial charge in [0, 0.05) is 13.6 Å². The van der Waals surface area contributed by atoms with E-state index in [1.54, 1.807) is 24.3 Å². The van der Waals surface area contributed by atoms with Crippen molar-refractivity contribution in [3.8, 4) is 5.75 Å². The average Bonchev–Trinajstić information content (AvgIpc) is 2.42. The molecule has 0 spiro atoms. The van der Waals surface area contributed by atoms with E-state index in [2.05, 4.69) is 0 Å². The number of fused-ring (bicyclic) bond motifs is 1. The van der Waals surface area contributed by atoms with E-state index in [0.29, 0.717) is 0 Å². The van der Waals surface area contributed by atoms with Gasteiger partial charge >= 0.3 is 6.18 Å². The number of phenols is 1. The van der Waals surface area contributed by atoms with Crippen LogP contribution < -0.4 is 0 Å². The molecule has 2 rings (SSSR count). The number of alkyl halides is 3. The second-order valence-corrected chi connectivity index (χ2v) is 4.81. The van der Waals surface area contributed by atoms with Crippen LogP contribution in [0.4, 0.5) is 13.2 Å². The normalized spacial score (nSPS) is 11.6. The second kappa shape index (κ2) is 5.63. The molecule has 0 saturated carbocycles. The molecule has 1 amide bonds. The lowest BCUT2D eigenvalue weighted by Gasteiger charge is -2.19. The van der Waals surface area contributed by atoms with Crippen molar-refractivity contribution >= 4 is 16.7 Å². The molecular formula is C15H14F3NO2. The van der Waals surface area contributed by atoms with Crippen molar-refractivity contribution in [2.45, 2.75) is 12.6 Å². The van der Waals surface area contributed by atoms with E-state index >= 15 is 0 Å². The summed E-state index contributed by atoms with van der Waals surface area (Å²) in [4.78, 5) is 13.1. The first-order chi connectivity index (χ1) is 9.78. The summed E-state index contributed by atoms with van der Waals surface area (Å²) in [5, 5.41) is 11.4. The van der Waals surface area contributed by atoms with Crippen LogP contribution in [-0.4, -0.2) is 35.7 Å². The predicted molar refractivity (Wildman–Crippen MR) is 73.2 cm³/mol. The van der Waals surface area contributed by atoms with E-state index in [9.17, 15) is 23.1 Å². The zero-order chi connectivity index (χ0) is 15.6. The number of benzene rings is 2. The Morgan fingerprint density at radius 2 is 1.76 bits per heavy atom. The molecule has 0 unspecified atom stereocenters. The fraction of sp³-hybridized carbons (Fsp3) is 0.267. The number of halogens is 3. The Kier molecular flexibility index (Phi) is 4.06. The SMILES string of the molecule is CN(CCC(F)(F)F)C(=O)c1cc2ccccc2cc1O. The maximum absolute atomic E-state index is 12.2.